The molecule has 1 atom stereocenters. The molecule has 0 aromatic heterocycles. The Hall–Kier alpha value is -1.09. The molecule has 1 rings (SSSR count). The van der Waals surface area contributed by atoms with Gasteiger partial charge in [0.1, 0.15) is 6.54 Å². The van der Waals surface area contributed by atoms with E-state index in [-0.39, 0.29) is 0 Å². The van der Waals surface area contributed by atoms with Crippen molar-refractivity contribution in [3.8, 4) is 0 Å². The average molecular weight is 313 g/mol. The zero-order chi connectivity index (χ0) is 15.9. The topological polar surface area (TPSA) is 20.3 Å². The number of alkyl halides is 8. The lowest BCUT2D eigenvalue weighted by Crippen LogP contribution is -2.57. The molecule has 0 N–H and O–H groups in total. The Balaban J connectivity index is 3.00. The van der Waals surface area contributed by atoms with Crippen molar-refractivity contribution in [2.24, 2.45) is 5.92 Å². The molecule has 1 saturated carbocycles. The minimum Gasteiger partial charge on any atom is -0.325 e. The maximum atomic E-state index is 12.9. The molecule has 1 aliphatic rings. The van der Waals surface area contributed by atoms with Gasteiger partial charge in [-0.2, -0.15) is 35.1 Å². The summed E-state index contributed by atoms with van der Waals surface area (Å²) in [5, 5.41) is 0. The first-order valence-electron chi connectivity index (χ1n) is 5.59. The first-order chi connectivity index (χ1) is 8.77. The van der Waals surface area contributed by atoms with Crippen LogP contribution in [0.5, 0.6) is 0 Å². The van der Waals surface area contributed by atoms with Gasteiger partial charge in [-0.15, -0.1) is 0 Å². The molecule has 0 heterocycles. The summed E-state index contributed by atoms with van der Waals surface area (Å²) in [6.45, 7) is -1.09. The van der Waals surface area contributed by atoms with E-state index in [2.05, 4.69) is 0 Å². The van der Waals surface area contributed by atoms with Crippen LogP contribution >= 0.6 is 0 Å². The van der Waals surface area contributed by atoms with E-state index in [4.69, 9.17) is 0 Å². The van der Waals surface area contributed by atoms with Gasteiger partial charge in [-0.05, 0) is 25.7 Å². The SMILES string of the molecule is CC(C1CC1)N(CC(F)(F)F)C(=O)C(F)(F)C(F)(F)F. The van der Waals surface area contributed by atoms with Crippen molar-refractivity contribution in [3.63, 3.8) is 0 Å². The van der Waals surface area contributed by atoms with Crippen molar-refractivity contribution in [3.05, 3.63) is 0 Å². The maximum Gasteiger partial charge on any atom is 0.463 e. The Kier molecular flexibility index (Phi) is 4.27. The number of rotatable bonds is 4. The van der Waals surface area contributed by atoms with Gasteiger partial charge < -0.3 is 4.90 Å². The van der Waals surface area contributed by atoms with Gasteiger partial charge in [-0.3, -0.25) is 4.79 Å². The van der Waals surface area contributed by atoms with Crippen LogP contribution in [0.15, 0.2) is 0 Å². The number of hydrogen-bond acceptors (Lipinski definition) is 1. The van der Waals surface area contributed by atoms with Crippen molar-refractivity contribution in [2.75, 3.05) is 6.54 Å². The Morgan fingerprint density at radius 3 is 1.85 bits per heavy atom. The third-order valence-corrected chi connectivity index (χ3v) is 3.03. The molecule has 0 aromatic rings. The van der Waals surface area contributed by atoms with Gasteiger partial charge in [-0.1, -0.05) is 0 Å². The van der Waals surface area contributed by atoms with E-state index in [1.165, 1.54) is 0 Å². The molecule has 1 unspecified atom stereocenters. The molecule has 0 radical (unpaired) electrons. The van der Waals surface area contributed by atoms with Crippen LogP contribution in [0.25, 0.3) is 0 Å². The molecule has 20 heavy (non-hydrogen) atoms. The molecule has 2 nitrogen and oxygen atoms in total. The van der Waals surface area contributed by atoms with Gasteiger partial charge in [0.05, 0.1) is 0 Å². The van der Waals surface area contributed by atoms with Crippen LogP contribution in [0.3, 0.4) is 0 Å². The van der Waals surface area contributed by atoms with Gasteiger partial charge in [0, 0.05) is 6.04 Å². The monoisotopic (exact) mass is 313 g/mol. The van der Waals surface area contributed by atoms with Crippen molar-refractivity contribution >= 4 is 5.91 Å². The van der Waals surface area contributed by atoms with Gasteiger partial charge in [-0.25, -0.2) is 0 Å². The second-order valence-electron chi connectivity index (χ2n) is 4.70. The molecule has 118 valence electrons. The number of carbonyl (C=O) groups is 1. The van der Waals surface area contributed by atoms with Crippen molar-refractivity contribution in [2.45, 2.75) is 44.1 Å². The highest BCUT2D eigenvalue weighted by Gasteiger charge is 2.65. The fourth-order valence-electron chi connectivity index (χ4n) is 1.73. The quantitative estimate of drug-likeness (QED) is 0.729. The summed E-state index contributed by atoms with van der Waals surface area (Å²) in [7, 11) is 0. The first-order valence-corrected chi connectivity index (χ1v) is 5.59. The highest BCUT2D eigenvalue weighted by Crippen LogP contribution is 2.41. The molecule has 1 aliphatic carbocycles. The van der Waals surface area contributed by atoms with Gasteiger partial charge in [0.15, 0.2) is 0 Å². The number of amides is 1. The third-order valence-electron chi connectivity index (χ3n) is 3.03. The van der Waals surface area contributed by atoms with Crippen LogP contribution in [0.2, 0.25) is 0 Å². The number of carbonyl (C=O) groups excluding carboxylic acids is 1. The highest BCUT2D eigenvalue weighted by molar-refractivity contribution is 5.84. The largest absolute Gasteiger partial charge is 0.463 e. The third kappa shape index (κ3) is 3.72. The van der Waals surface area contributed by atoms with Crippen molar-refractivity contribution in [1.82, 2.24) is 4.90 Å². The second-order valence-corrected chi connectivity index (χ2v) is 4.70. The zero-order valence-corrected chi connectivity index (χ0v) is 10.2. The Bertz CT molecular complexity index is 370. The van der Waals surface area contributed by atoms with E-state index in [9.17, 15) is 39.9 Å². The lowest BCUT2D eigenvalue weighted by Gasteiger charge is -2.33. The van der Waals surface area contributed by atoms with Crippen LogP contribution < -0.4 is 0 Å². The van der Waals surface area contributed by atoms with Gasteiger partial charge >= 0.3 is 24.2 Å². The average Bonchev–Trinajstić information content (AvgIpc) is 3.04. The molecule has 0 bridgehead atoms. The molecular formula is C10H11F8NO. The van der Waals surface area contributed by atoms with Gasteiger partial charge in [0.25, 0.3) is 0 Å². The van der Waals surface area contributed by atoms with Crippen LogP contribution in [0.1, 0.15) is 19.8 Å². The van der Waals surface area contributed by atoms with Crippen LogP contribution in [-0.4, -0.2) is 41.7 Å². The Labute approximate surface area is 108 Å². The van der Waals surface area contributed by atoms with Crippen LogP contribution in [-0.2, 0) is 4.79 Å². The minimum absolute atomic E-state index is 0.389. The minimum atomic E-state index is -6.22. The highest BCUT2D eigenvalue weighted by atomic mass is 19.4. The Morgan fingerprint density at radius 1 is 1.10 bits per heavy atom. The molecule has 1 fully saturated rings. The summed E-state index contributed by atoms with van der Waals surface area (Å²) < 4.78 is 98.9. The Morgan fingerprint density at radius 2 is 1.55 bits per heavy atom. The molecular weight excluding hydrogens is 302 g/mol. The van der Waals surface area contributed by atoms with E-state index in [0.29, 0.717) is 12.8 Å². The normalized spacial score (nSPS) is 18.9. The fourth-order valence-corrected chi connectivity index (χ4v) is 1.73. The molecule has 1 amide bonds. The number of hydrogen-bond donors (Lipinski definition) is 0. The van der Waals surface area contributed by atoms with Crippen LogP contribution in [0, 0.1) is 5.92 Å². The maximum absolute atomic E-state index is 12.9. The van der Waals surface area contributed by atoms with E-state index in [1.807, 2.05) is 0 Å². The van der Waals surface area contributed by atoms with E-state index in [1.54, 1.807) is 0 Å². The van der Waals surface area contributed by atoms with Crippen LogP contribution in [0.4, 0.5) is 35.1 Å². The lowest BCUT2D eigenvalue weighted by molar-refractivity contribution is -0.277. The summed E-state index contributed by atoms with van der Waals surface area (Å²) in [5.41, 5.74) is 0. The molecule has 0 saturated heterocycles. The lowest BCUT2D eigenvalue weighted by atomic mass is 10.1. The smallest absolute Gasteiger partial charge is 0.325 e. The van der Waals surface area contributed by atoms with E-state index >= 15 is 0 Å². The first kappa shape index (κ1) is 17.0. The number of nitrogens with zero attached hydrogens (tertiary/aromatic N) is 1. The van der Waals surface area contributed by atoms with E-state index < -0.39 is 47.6 Å². The number of halogens is 8. The van der Waals surface area contributed by atoms with Crippen molar-refractivity contribution in [1.29, 1.82) is 0 Å². The molecule has 0 aromatic carbocycles. The van der Waals surface area contributed by atoms with E-state index in [0.717, 1.165) is 6.92 Å². The predicted molar refractivity (Wildman–Crippen MR) is 51.0 cm³/mol. The second kappa shape index (κ2) is 5.03. The van der Waals surface area contributed by atoms with Gasteiger partial charge in [0.2, 0.25) is 0 Å². The fraction of sp³-hybridized carbons (Fsp3) is 0.900. The molecule has 0 spiro atoms. The molecule has 0 aliphatic heterocycles. The summed E-state index contributed by atoms with van der Waals surface area (Å²) in [6.07, 6.45) is -10.5. The molecule has 10 heteroatoms. The summed E-state index contributed by atoms with van der Waals surface area (Å²) >= 11 is 0. The zero-order valence-electron chi connectivity index (χ0n) is 10.2. The summed E-state index contributed by atoms with van der Waals surface area (Å²) in [4.78, 5) is 10.8. The summed E-state index contributed by atoms with van der Waals surface area (Å²) in [6, 6.07) is -1.32. The van der Waals surface area contributed by atoms with Crippen molar-refractivity contribution < 1.29 is 39.9 Å². The standard InChI is InChI=1S/C10H11F8NO/c1-5(6-2-3-6)19(4-8(11,12)13)7(20)9(14,15)10(16,17)18/h5-6H,2-4H2,1H3. The summed E-state index contributed by atoms with van der Waals surface area (Å²) in [5.74, 6) is -9.17. The predicted octanol–water partition coefficient (Wildman–Crippen LogP) is 3.37.